The molecule has 0 radical (unpaired) electrons. The fourth-order valence-corrected chi connectivity index (χ4v) is 4.36. The molecule has 0 aromatic carbocycles. The zero-order valence-electron chi connectivity index (χ0n) is 26.2. The van der Waals surface area contributed by atoms with Crippen LogP contribution in [0.4, 0.5) is 0 Å². The standard InChI is InChI=1S/2C15H26N4.4BrH.Pt/c2*1-3-5-7-16-9-11-18(13-16)15-19-12-10-17(14-19)8-6-4-2;;;;;/h2*9-14H,3-8,15H2,1-2H3;4*1H;/q-2;+2;;;;;+4/p-4. The van der Waals surface area contributed by atoms with Crippen LogP contribution in [-0.4, -0.2) is 48.5 Å². The molecule has 2 aromatic rings. The summed E-state index contributed by atoms with van der Waals surface area (Å²) in [4.78, 5) is 8.97. The molecule has 0 saturated carbocycles. The van der Waals surface area contributed by atoms with E-state index in [0.717, 1.165) is 39.5 Å². The van der Waals surface area contributed by atoms with E-state index in [9.17, 15) is 0 Å². The van der Waals surface area contributed by atoms with Gasteiger partial charge < -0.3 is 53.6 Å². The van der Waals surface area contributed by atoms with Crippen molar-refractivity contribution in [2.24, 2.45) is 0 Å². The van der Waals surface area contributed by atoms with Crippen LogP contribution in [0.2, 0.25) is 0 Å². The number of imidazole rings is 2. The summed E-state index contributed by atoms with van der Waals surface area (Å²) in [6.45, 7) is 19.5. The number of aryl methyl sites for hydroxylation is 2. The molecule has 4 heterocycles. The Balaban J connectivity index is 0.000000721. The van der Waals surface area contributed by atoms with Gasteiger partial charge in [0.2, 0.25) is 19.3 Å². The number of hydrogen-bond donors (Lipinski definition) is 0. The van der Waals surface area contributed by atoms with E-state index in [-0.39, 0.29) is 48.4 Å². The molecule has 0 bridgehead atoms. The van der Waals surface area contributed by atoms with E-state index in [2.05, 4.69) is 168 Å². The number of nitrogens with zero attached hydrogens (tertiary/aromatic N) is 8. The van der Waals surface area contributed by atoms with Gasteiger partial charge in [-0.05, 0) is 63.6 Å². The second-order valence-electron chi connectivity index (χ2n) is 10.4. The Morgan fingerprint density at radius 2 is 0.930 bits per heavy atom. The first-order valence-corrected chi connectivity index (χ1v) is 25.0. The molecule has 0 atom stereocenters. The molecule has 0 N–H and O–H groups in total. The van der Waals surface area contributed by atoms with Gasteiger partial charge in [0.05, 0.1) is 13.1 Å². The molecule has 250 valence electrons. The summed E-state index contributed by atoms with van der Waals surface area (Å²) in [6, 6.07) is 0. The zero-order valence-corrected chi connectivity index (χ0v) is 34.8. The van der Waals surface area contributed by atoms with Gasteiger partial charge >= 0.3 is 41.0 Å². The van der Waals surface area contributed by atoms with Crippen molar-refractivity contribution in [3.63, 3.8) is 0 Å². The summed E-state index contributed by atoms with van der Waals surface area (Å²) < 4.78 is 8.97. The van der Waals surface area contributed by atoms with Gasteiger partial charge in [-0.2, -0.15) is 22.5 Å². The van der Waals surface area contributed by atoms with Crippen LogP contribution in [0, 0.1) is 13.3 Å². The van der Waals surface area contributed by atoms with Crippen molar-refractivity contribution in [1.82, 2.24) is 28.7 Å². The van der Waals surface area contributed by atoms with Crippen molar-refractivity contribution < 1.29 is 57.5 Å². The molecule has 43 heavy (non-hydrogen) atoms. The van der Waals surface area contributed by atoms with Gasteiger partial charge in [-0.15, -0.1) is 0 Å². The van der Waals surface area contributed by atoms with Crippen molar-refractivity contribution in [2.45, 2.75) is 98.8 Å². The Kier molecular flexibility index (Phi) is 26.7. The van der Waals surface area contributed by atoms with E-state index >= 15 is 0 Å². The van der Waals surface area contributed by atoms with Gasteiger partial charge in [0.25, 0.3) is 0 Å². The summed E-state index contributed by atoms with van der Waals surface area (Å²) >= 11 is 6.56. The zero-order chi connectivity index (χ0) is 29.7. The van der Waals surface area contributed by atoms with Gasteiger partial charge in [0.15, 0.2) is 0 Å². The minimum absolute atomic E-state index is 0. The minimum atomic E-state index is 0. The predicted octanol–water partition coefficient (Wildman–Crippen LogP) is 0.628. The maximum absolute atomic E-state index is 3.17. The van der Waals surface area contributed by atoms with Crippen molar-refractivity contribution in [3.8, 4) is 0 Å². The van der Waals surface area contributed by atoms with Crippen LogP contribution in [0.25, 0.3) is 0 Å². The van der Waals surface area contributed by atoms with Gasteiger partial charge in [0.1, 0.15) is 24.8 Å². The molecular weight excluding hydrogens is 987 g/mol. The average molecular weight is 1040 g/mol. The molecule has 4 rings (SSSR count). The molecule has 13 heteroatoms. The maximum atomic E-state index is 3.17. The number of halogens is 4. The Bertz CT molecular complexity index is 913. The van der Waals surface area contributed by atoms with E-state index < -0.39 is 0 Å². The molecule has 8 nitrogen and oxygen atoms in total. The molecule has 0 saturated heterocycles. The number of hydrogen-bond acceptors (Lipinski definition) is 4. The summed E-state index contributed by atoms with van der Waals surface area (Å²) in [5.41, 5.74) is 0. The second kappa shape index (κ2) is 26.9. The third-order valence-corrected chi connectivity index (χ3v) is 6.72. The van der Waals surface area contributed by atoms with Crippen molar-refractivity contribution in [3.05, 3.63) is 75.6 Å². The Morgan fingerprint density at radius 1 is 0.581 bits per heavy atom. The van der Waals surface area contributed by atoms with Crippen molar-refractivity contribution in [1.29, 1.82) is 0 Å². The van der Waals surface area contributed by atoms with Gasteiger partial charge in [-0.25, -0.2) is 9.13 Å². The quantitative estimate of drug-likeness (QED) is 0.183. The van der Waals surface area contributed by atoms with Crippen LogP contribution >= 0.6 is 26.6 Å². The molecule has 0 aliphatic carbocycles. The fourth-order valence-electron chi connectivity index (χ4n) is 4.36. The van der Waals surface area contributed by atoms with Crippen LogP contribution in [-0.2, 0) is 34.2 Å². The SMILES string of the molecule is CCCCN1C=CN(CN2C=CN(CCCC)[CH-]2)[CH-]1.CCCCn1cc[n+](C[n+]2ccn(CCCC)c2)c1.[Br-].[Br-].[Br][Pt+2][Br]. The third kappa shape index (κ3) is 18.4. The summed E-state index contributed by atoms with van der Waals surface area (Å²) in [5.74, 6) is 0. The van der Waals surface area contributed by atoms with Crippen LogP contribution in [0.3, 0.4) is 0 Å². The molecule has 0 fully saturated rings. The molecule has 2 aliphatic rings. The third-order valence-electron chi connectivity index (χ3n) is 6.72. The van der Waals surface area contributed by atoms with E-state index in [1.807, 2.05) is 0 Å². The Labute approximate surface area is 304 Å². The van der Waals surface area contributed by atoms with E-state index in [1.165, 1.54) is 51.4 Å². The monoisotopic (exact) mass is 1040 g/mol. The van der Waals surface area contributed by atoms with Crippen molar-refractivity contribution >= 4 is 26.6 Å². The second-order valence-corrected chi connectivity index (χ2v) is 20.3. The first-order chi connectivity index (χ1) is 20.0. The number of aromatic nitrogens is 4. The van der Waals surface area contributed by atoms with Crippen LogP contribution in [0.15, 0.2) is 62.2 Å². The van der Waals surface area contributed by atoms with Gasteiger partial charge in [-0.3, -0.25) is 0 Å². The van der Waals surface area contributed by atoms with E-state index in [0.29, 0.717) is 0 Å². The van der Waals surface area contributed by atoms with Crippen LogP contribution in [0.5, 0.6) is 0 Å². The summed E-state index contributed by atoms with van der Waals surface area (Å²) in [7, 11) is 0. The van der Waals surface area contributed by atoms with Gasteiger partial charge in [0, 0.05) is 6.67 Å². The van der Waals surface area contributed by atoms with Crippen LogP contribution < -0.4 is 43.1 Å². The molecular formula is C30H52Br4N8Pt. The first-order valence-electron chi connectivity index (χ1n) is 15.1. The molecule has 2 aliphatic heterocycles. The van der Waals surface area contributed by atoms with Crippen molar-refractivity contribution in [2.75, 3.05) is 19.8 Å². The number of rotatable bonds is 16. The van der Waals surface area contributed by atoms with Crippen LogP contribution in [0.1, 0.15) is 79.1 Å². The van der Waals surface area contributed by atoms with Gasteiger partial charge in [-0.1, -0.05) is 53.4 Å². The summed E-state index contributed by atoms with van der Waals surface area (Å²) in [6.07, 6.45) is 31.5. The fraction of sp³-hybridized carbons (Fsp3) is 0.600. The van der Waals surface area contributed by atoms with E-state index in [1.54, 1.807) is 0 Å². The molecule has 0 spiro atoms. The first kappa shape index (κ1) is 42.7. The molecule has 0 amide bonds. The summed E-state index contributed by atoms with van der Waals surface area (Å²) in [5, 5.41) is 0. The Hall–Kier alpha value is -0.292. The normalized spacial score (nSPS) is 13.4. The molecule has 2 aromatic heterocycles. The average Bonchev–Trinajstić information content (AvgIpc) is 3.79. The number of unbranched alkanes of at least 4 members (excludes halogenated alkanes) is 4. The topological polar surface area (TPSA) is 30.6 Å². The van der Waals surface area contributed by atoms with E-state index in [4.69, 9.17) is 0 Å². The molecule has 0 unspecified atom stereocenters. The Morgan fingerprint density at radius 3 is 1.30 bits per heavy atom. The predicted molar refractivity (Wildman–Crippen MR) is 171 cm³/mol.